The summed E-state index contributed by atoms with van der Waals surface area (Å²) in [5.41, 5.74) is 1.36. The summed E-state index contributed by atoms with van der Waals surface area (Å²) >= 11 is 9.36. The second-order valence-electron chi connectivity index (χ2n) is 7.01. The second-order valence-corrected chi connectivity index (χ2v) is 8.34. The average molecular weight is 483 g/mol. The van der Waals surface area contributed by atoms with Crippen LogP contribution in [-0.2, 0) is 4.79 Å². The van der Waals surface area contributed by atoms with Gasteiger partial charge >= 0.3 is 0 Å². The van der Waals surface area contributed by atoms with Gasteiger partial charge in [0.2, 0.25) is 5.91 Å². The van der Waals surface area contributed by atoms with Crippen LogP contribution in [0.25, 0.3) is 0 Å². The SMILES string of the molecule is O=C(CCNC(=O)c1ccc(F)cc1Cl)NCC1CCN(c2cccc(Br)c2)C1. The van der Waals surface area contributed by atoms with Gasteiger partial charge in [-0.25, -0.2) is 4.39 Å². The zero-order valence-electron chi connectivity index (χ0n) is 15.8. The highest BCUT2D eigenvalue weighted by Crippen LogP contribution is 2.26. The largest absolute Gasteiger partial charge is 0.371 e. The third kappa shape index (κ3) is 6.18. The summed E-state index contributed by atoms with van der Waals surface area (Å²) in [4.78, 5) is 26.4. The van der Waals surface area contributed by atoms with Gasteiger partial charge < -0.3 is 15.5 Å². The number of carbonyl (C=O) groups is 2. The van der Waals surface area contributed by atoms with Crippen LogP contribution in [0.4, 0.5) is 10.1 Å². The van der Waals surface area contributed by atoms with Crippen molar-refractivity contribution in [2.24, 2.45) is 5.92 Å². The van der Waals surface area contributed by atoms with Gasteiger partial charge in [0.05, 0.1) is 10.6 Å². The molecule has 5 nitrogen and oxygen atoms in total. The van der Waals surface area contributed by atoms with E-state index in [1.807, 2.05) is 12.1 Å². The number of nitrogens with zero attached hydrogens (tertiary/aromatic N) is 1. The molecular formula is C21H22BrClFN3O2. The predicted octanol–water partition coefficient (Wildman–Crippen LogP) is 4.00. The highest BCUT2D eigenvalue weighted by atomic mass is 79.9. The fraction of sp³-hybridized carbons (Fsp3) is 0.333. The van der Waals surface area contributed by atoms with Gasteiger partial charge in [-0.1, -0.05) is 33.6 Å². The molecule has 1 heterocycles. The molecule has 1 aliphatic rings. The molecule has 0 spiro atoms. The molecule has 2 N–H and O–H groups in total. The Balaban J connectivity index is 1.36. The van der Waals surface area contributed by atoms with Crippen LogP contribution >= 0.6 is 27.5 Å². The number of rotatable bonds is 7. The first-order valence-corrected chi connectivity index (χ1v) is 10.6. The van der Waals surface area contributed by atoms with Crippen molar-refractivity contribution >= 4 is 45.0 Å². The lowest BCUT2D eigenvalue weighted by molar-refractivity contribution is -0.121. The van der Waals surface area contributed by atoms with Crippen molar-refractivity contribution in [1.82, 2.24) is 10.6 Å². The molecular weight excluding hydrogens is 461 g/mol. The number of hydrogen-bond acceptors (Lipinski definition) is 3. The minimum atomic E-state index is -0.503. The smallest absolute Gasteiger partial charge is 0.252 e. The first kappa shape index (κ1) is 21.6. The predicted molar refractivity (Wildman–Crippen MR) is 116 cm³/mol. The Morgan fingerprint density at radius 1 is 1.21 bits per heavy atom. The van der Waals surface area contributed by atoms with Crippen molar-refractivity contribution in [3.8, 4) is 0 Å². The average Bonchev–Trinajstić information content (AvgIpc) is 3.15. The Bertz CT molecular complexity index is 896. The number of hydrogen-bond donors (Lipinski definition) is 2. The van der Waals surface area contributed by atoms with E-state index in [0.717, 1.165) is 30.0 Å². The van der Waals surface area contributed by atoms with Crippen LogP contribution in [0.15, 0.2) is 46.9 Å². The maximum Gasteiger partial charge on any atom is 0.252 e. The Kier molecular flexibility index (Phi) is 7.50. The van der Waals surface area contributed by atoms with Crippen LogP contribution in [0.3, 0.4) is 0 Å². The summed E-state index contributed by atoms with van der Waals surface area (Å²) in [6.07, 6.45) is 1.19. The number of anilines is 1. The number of nitrogens with one attached hydrogen (secondary N) is 2. The van der Waals surface area contributed by atoms with Crippen LogP contribution in [0, 0.1) is 11.7 Å². The van der Waals surface area contributed by atoms with E-state index in [1.54, 1.807) is 0 Å². The first-order chi connectivity index (χ1) is 13.9. The van der Waals surface area contributed by atoms with E-state index >= 15 is 0 Å². The van der Waals surface area contributed by atoms with Crippen LogP contribution in [0.5, 0.6) is 0 Å². The van der Waals surface area contributed by atoms with E-state index in [2.05, 4.69) is 43.6 Å². The zero-order valence-corrected chi connectivity index (χ0v) is 18.1. The van der Waals surface area contributed by atoms with Gasteiger partial charge in [-0.05, 0) is 48.7 Å². The molecule has 0 radical (unpaired) electrons. The maximum absolute atomic E-state index is 13.0. The molecule has 3 rings (SSSR count). The minimum Gasteiger partial charge on any atom is -0.371 e. The molecule has 0 saturated carbocycles. The monoisotopic (exact) mass is 481 g/mol. The highest BCUT2D eigenvalue weighted by molar-refractivity contribution is 9.10. The number of benzene rings is 2. The first-order valence-electron chi connectivity index (χ1n) is 9.43. The van der Waals surface area contributed by atoms with E-state index in [1.165, 1.54) is 17.8 Å². The normalized spacial score (nSPS) is 16.0. The summed E-state index contributed by atoms with van der Waals surface area (Å²) < 4.78 is 14.1. The third-order valence-corrected chi connectivity index (χ3v) is 5.67. The van der Waals surface area contributed by atoms with E-state index in [0.29, 0.717) is 12.5 Å². The van der Waals surface area contributed by atoms with Gasteiger partial charge in [0, 0.05) is 42.8 Å². The molecule has 2 aromatic rings. The lowest BCUT2D eigenvalue weighted by Crippen LogP contribution is -2.34. The molecule has 1 saturated heterocycles. The van der Waals surface area contributed by atoms with Gasteiger partial charge in [-0.2, -0.15) is 0 Å². The Labute approximate surface area is 182 Å². The maximum atomic E-state index is 13.0. The summed E-state index contributed by atoms with van der Waals surface area (Å²) in [6.45, 7) is 2.66. The minimum absolute atomic E-state index is 0.0446. The van der Waals surface area contributed by atoms with E-state index in [9.17, 15) is 14.0 Å². The lowest BCUT2D eigenvalue weighted by atomic mass is 10.1. The van der Waals surface area contributed by atoms with Crippen molar-refractivity contribution in [2.75, 3.05) is 31.1 Å². The zero-order chi connectivity index (χ0) is 20.8. The van der Waals surface area contributed by atoms with Gasteiger partial charge in [0.15, 0.2) is 0 Å². The van der Waals surface area contributed by atoms with Crippen molar-refractivity contribution < 1.29 is 14.0 Å². The fourth-order valence-electron chi connectivity index (χ4n) is 3.31. The highest BCUT2D eigenvalue weighted by Gasteiger charge is 2.23. The molecule has 2 aromatic carbocycles. The standard InChI is InChI=1S/C21H22BrClFN3O2/c22-15-2-1-3-17(10-15)27-9-7-14(13-27)12-26-20(28)6-8-25-21(29)18-5-4-16(24)11-19(18)23/h1-5,10-11,14H,6-9,12-13H2,(H,25,29)(H,26,28). The van der Waals surface area contributed by atoms with Crippen molar-refractivity contribution in [2.45, 2.75) is 12.8 Å². The molecule has 8 heteroatoms. The van der Waals surface area contributed by atoms with Crippen molar-refractivity contribution in [3.63, 3.8) is 0 Å². The molecule has 2 amide bonds. The number of carbonyl (C=O) groups excluding carboxylic acids is 2. The summed E-state index contributed by atoms with van der Waals surface area (Å²) in [5.74, 6) is -0.651. The van der Waals surface area contributed by atoms with Gasteiger partial charge in [0.25, 0.3) is 5.91 Å². The van der Waals surface area contributed by atoms with Gasteiger partial charge in [-0.15, -0.1) is 0 Å². The summed E-state index contributed by atoms with van der Waals surface area (Å²) in [6, 6.07) is 11.8. The van der Waals surface area contributed by atoms with Crippen LogP contribution < -0.4 is 15.5 Å². The van der Waals surface area contributed by atoms with Crippen molar-refractivity contribution in [1.29, 1.82) is 0 Å². The molecule has 29 heavy (non-hydrogen) atoms. The Morgan fingerprint density at radius 3 is 2.79 bits per heavy atom. The van der Waals surface area contributed by atoms with Gasteiger partial charge in [0.1, 0.15) is 5.82 Å². The molecule has 154 valence electrons. The summed E-state index contributed by atoms with van der Waals surface area (Å²) in [7, 11) is 0. The molecule has 1 atom stereocenters. The quantitative estimate of drug-likeness (QED) is 0.627. The Hall–Kier alpha value is -2.12. The third-order valence-electron chi connectivity index (χ3n) is 4.86. The van der Waals surface area contributed by atoms with Crippen LogP contribution in [0.1, 0.15) is 23.2 Å². The van der Waals surface area contributed by atoms with Crippen LogP contribution in [0.2, 0.25) is 5.02 Å². The molecule has 1 fully saturated rings. The van der Waals surface area contributed by atoms with E-state index in [4.69, 9.17) is 11.6 Å². The topological polar surface area (TPSA) is 61.4 Å². The molecule has 0 aliphatic carbocycles. The molecule has 0 aromatic heterocycles. The molecule has 0 bridgehead atoms. The molecule has 1 unspecified atom stereocenters. The van der Waals surface area contributed by atoms with E-state index in [-0.39, 0.29) is 29.5 Å². The number of amides is 2. The van der Waals surface area contributed by atoms with E-state index < -0.39 is 11.7 Å². The fourth-order valence-corrected chi connectivity index (χ4v) is 3.95. The second kappa shape index (κ2) is 10.1. The van der Waals surface area contributed by atoms with Gasteiger partial charge in [-0.3, -0.25) is 9.59 Å². The van der Waals surface area contributed by atoms with Crippen molar-refractivity contribution in [3.05, 3.63) is 63.3 Å². The lowest BCUT2D eigenvalue weighted by Gasteiger charge is -2.19. The van der Waals surface area contributed by atoms with Crippen LogP contribution in [-0.4, -0.2) is 38.0 Å². The summed E-state index contributed by atoms with van der Waals surface area (Å²) in [5, 5.41) is 5.62. The molecule has 1 aliphatic heterocycles. The Morgan fingerprint density at radius 2 is 2.03 bits per heavy atom. The number of halogens is 3.